The molecule has 128 valence electrons. The summed E-state index contributed by atoms with van der Waals surface area (Å²) in [6, 6.07) is 21.9. The van der Waals surface area contributed by atoms with Crippen LogP contribution in [0.25, 0.3) is 10.9 Å². The second kappa shape index (κ2) is 5.92. The predicted molar refractivity (Wildman–Crippen MR) is 100 cm³/mol. The lowest BCUT2D eigenvalue weighted by Gasteiger charge is -2.35. The maximum absolute atomic E-state index is 13.1. The van der Waals surface area contributed by atoms with Gasteiger partial charge in [0.25, 0.3) is 5.91 Å². The van der Waals surface area contributed by atoms with Gasteiger partial charge < -0.3 is 14.3 Å². The first-order valence-corrected chi connectivity index (χ1v) is 8.82. The first kappa shape index (κ1) is 15.0. The van der Waals surface area contributed by atoms with Crippen molar-refractivity contribution >= 4 is 16.8 Å². The summed E-state index contributed by atoms with van der Waals surface area (Å²) in [5.41, 5.74) is 4.62. The number of nitrogens with one attached hydrogen (secondary N) is 1. The normalized spacial score (nSPS) is 16.6. The Morgan fingerprint density at radius 2 is 1.81 bits per heavy atom. The van der Waals surface area contributed by atoms with Gasteiger partial charge >= 0.3 is 0 Å². The molecule has 1 aliphatic heterocycles. The number of carbonyl (C=O) groups is 1. The van der Waals surface area contributed by atoms with E-state index in [1.807, 2.05) is 29.2 Å². The Hall–Kier alpha value is -3.27. The number of hydrogen-bond donors (Lipinski definition) is 1. The number of hydrogen-bond acceptors (Lipinski definition) is 2. The van der Waals surface area contributed by atoms with Crippen molar-refractivity contribution in [2.75, 3.05) is 6.54 Å². The van der Waals surface area contributed by atoms with Crippen LogP contribution in [0.5, 0.6) is 0 Å². The molecule has 4 nitrogen and oxygen atoms in total. The molecule has 2 aromatic carbocycles. The molecule has 4 aromatic rings. The van der Waals surface area contributed by atoms with Crippen molar-refractivity contribution in [3.63, 3.8) is 0 Å². The van der Waals surface area contributed by atoms with Crippen molar-refractivity contribution in [2.24, 2.45) is 0 Å². The monoisotopic (exact) mass is 342 g/mol. The SMILES string of the molecule is O=C(c1ccco1)N1CCc2c([nH]c3ccccc23)C1c1ccccc1. The Balaban J connectivity index is 1.69. The third-order valence-corrected chi connectivity index (χ3v) is 5.14. The topological polar surface area (TPSA) is 49.2 Å². The van der Waals surface area contributed by atoms with E-state index in [1.165, 1.54) is 10.9 Å². The molecule has 0 spiro atoms. The first-order valence-electron chi connectivity index (χ1n) is 8.82. The van der Waals surface area contributed by atoms with Crippen LogP contribution in [0, 0.1) is 0 Å². The summed E-state index contributed by atoms with van der Waals surface area (Å²) in [5, 5.41) is 1.24. The molecule has 5 rings (SSSR count). The second-order valence-corrected chi connectivity index (χ2v) is 6.60. The van der Waals surface area contributed by atoms with E-state index < -0.39 is 0 Å². The van der Waals surface area contributed by atoms with E-state index in [0.29, 0.717) is 12.3 Å². The average Bonchev–Trinajstić information content (AvgIpc) is 3.35. The maximum Gasteiger partial charge on any atom is 0.290 e. The molecule has 26 heavy (non-hydrogen) atoms. The van der Waals surface area contributed by atoms with Crippen molar-refractivity contribution < 1.29 is 9.21 Å². The molecule has 1 amide bonds. The summed E-state index contributed by atoms with van der Waals surface area (Å²) in [6.45, 7) is 0.661. The zero-order valence-electron chi connectivity index (χ0n) is 14.2. The Morgan fingerprint density at radius 3 is 2.62 bits per heavy atom. The summed E-state index contributed by atoms with van der Waals surface area (Å²) in [5.74, 6) is 0.304. The molecular weight excluding hydrogens is 324 g/mol. The highest BCUT2D eigenvalue weighted by Crippen LogP contribution is 2.38. The van der Waals surface area contributed by atoms with Crippen molar-refractivity contribution in [1.29, 1.82) is 0 Å². The number of amides is 1. The Labute approximate surface area is 151 Å². The number of nitrogens with zero attached hydrogens (tertiary/aromatic N) is 1. The van der Waals surface area contributed by atoms with Crippen LogP contribution in [0.15, 0.2) is 77.4 Å². The van der Waals surface area contributed by atoms with Crippen molar-refractivity contribution in [3.8, 4) is 0 Å². The maximum atomic E-state index is 13.1. The number of furan rings is 1. The number of H-pyrrole nitrogens is 1. The van der Waals surface area contributed by atoms with Crippen molar-refractivity contribution in [2.45, 2.75) is 12.5 Å². The van der Waals surface area contributed by atoms with Gasteiger partial charge in [-0.25, -0.2) is 0 Å². The van der Waals surface area contributed by atoms with Gasteiger partial charge in [-0.05, 0) is 35.7 Å². The minimum atomic E-state index is -0.148. The standard InChI is InChI=1S/C22H18N2O2/c25-22(19-11-6-14-26-19)24-13-12-17-16-9-4-5-10-18(16)23-20(17)21(24)15-7-2-1-3-8-15/h1-11,14,21,23H,12-13H2. The molecule has 1 aliphatic rings. The lowest BCUT2D eigenvalue weighted by molar-refractivity contribution is 0.0659. The van der Waals surface area contributed by atoms with Gasteiger partial charge in [0, 0.05) is 23.1 Å². The van der Waals surface area contributed by atoms with Gasteiger partial charge in [-0.2, -0.15) is 0 Å². The van der Waals surface area contributed by atoms with Crippen LogP contribution in [0.2, 0.25) is 0 Å². The van der Waals surface area contributed by atoms with Gasteiger partial charge in [-0.3, -0.25) is 4.79 Å². The average molecular weight is 342 g/mol. The number of aromatic amines is 1. The van der Waals surface area contributed by atoms with Gasteiger partial charge in [0.05, 0.1) is 12.3 Å². The number of aromatic nitrogens is 1. The van der Waals surface area contributed by atoms with Gasteiger partial charge in [-0.15, -0.1) is 0 Å². The molecule has 2 aromatic heterocycles. The summed E-state index contributed by atoms with van der Waals surface area (Å²) < 4.78 is 5.38. The fraction of sp³-hybridized carbons (Fsp3) is 0.136. The molecule has 1 N–H and O–H groups in total. The van der Waals surface area contributed by atoms with E-state index in [0.717, 1.165) is 23.2 Å². The second-order valence-electron chi connectivity index (χ2n) is 6.60. The Bertz CT molecular complexity index is 1060. The Kier molecular flexibility index (Phi) is 3.42. The van der Waals surface area contributed by atoms with Crippen LogP contribution in [0.3, 0.4) is 0 Å². The van der Waals surface area contributed by atoms with Crippen LogP contribution in [0.4, 0.5) is 0 Å². The molecule has 0 saturated heterocycles. The smallest absolute Gasteiger partial charge is 0.290 e. The minimum Gasteiger partial charge on any atom is -0.459 e. The highest BCUT2D eigenvalue weighted by atomic mass is 16.3. The van der Waals surface area contributed by atoms with Crippen LogP contribution in [-0.4, -0.2) is 22.3 Å². The van der Waals surface area contributed by atoms with Gasteiger partial charge in [-0.1, -0.05) is 48.5 Å². The molecule has 0 fully saturated rings. The molecule has 0 saturated carbocycles. The zero-order valence-corrected chi connectivity index (χ0v) is 14.2. The van der Waals surface area contributed by atoms with Crippen LogP contribution in [0.1, 0.15) is 33.4 Å². The molecule has 3 heterocycles. The number of fused-ring (bicyclic) bond motifs is 3. The highest BCUT2D eigenvalue weighted by molar-refractivity contribution is 5.93. The van der Waals surface area contributed by atoms with Crippen molar-refractivity contribution in [3.05, 3.63) is 95.6 Å². The van der Waals surface area contributed by atoms with E-state index in [-0.39, 0.29) is 11.9 Å². The molecule has 0 bridgehead atoms. The van der Waals surface area contributed by atoms with E-state index >= 15 is 0 Å². The van der Waals surface area contributed by atoms with Crippen LogP contribution >= 0.6 is 0 Å². The number of benzene rings is 2. The summed E-state index contributed by atoms with van der Waals surface area (Å²) in [7, 11) is 0. The molecule has 0 aliphatic carbocycles. The molecule has 0 radical (unpaired) electrons. The van der Waals surface area contributed by atoms with Crippen LogP contribution in [-0.2, 0) is 6.42 Å². The summed E-state index contributed by atoms with van der Waals surface area (Å²) >= 11 is 0. The fourth-order valence-corrected chi connectivity index (χ4v) is 3.98. The summed E-state index contributed by atoms with van der Waals surface area (Å²) in [6.07, 6.45) is 2.37. The summed E-state index contributed by atoms with van der Waals surface area (Å²) in [4.78, 5) is 18.6. The van der Waals surface area contributed by atoms with E-state index in [1.54, 1.807) is 18.4 Å². The highest BCUT2D eigenvalue weighted by Gasteiger charge is 2.35. The quantitative estimate of drug-likeness (QED) is 0.581. The predicted octanol–water partition coefficient (Wildman–Crippen LogP) is 4.55. The van der Waals surface area contributed by atoms with Gasteiger partial charge in [0.15, 0.2) is 5.76 Å². The number of para-hydroxylation sites is 1. The Morgan fingerprint density at radius 1 is 1.00 bits per heavy atom. The largest absolute Gasteiger partial charge is 0.459 e. The van der Waals surface area contributed by atoms with Gasteiger partial charge in [0.2, 0.25) is 0 Å². The number of rotatable bonds is 2. The lowest BCUT2D eigenvalue weighted by Crippen LogP contribution is -2.40. The molecule has 1 atom stereocenters. The van der Waals surface area contributed by atoms with E-state index in [4.69, 9.17) is 4.42 Å². The molecule has 1 unspecified atom stereocenters. The van der Waals surface area contributed by atoms with E-state index in [9.17, 15) is 4.79 Å². The third-order valence-electron chi connectivity index (χ3n) is 5.14. The lowest BCUT2D eigenvalue weighted by atomic mass is 9.92. The van der Waals surface area contributed by atoms with Crippen LogP contribution < -0.4 is 0 Å². The fourth-order valence-electron chi connectivity index (χ4n) is 3.98. The van der Waals surface area contributed by atoms with Crippen molar-refractivity contribution in [1.82, 2.24) is 9.88 Å². The third kappa shape index (κ3) is 2.26. The van der Waals surface area contributed by atoms with E-state index in [2.05, 4.69) is 35.3 Å². The molecule has 4 heteroatoms. The number of carbonyl (C=O) groups excluding carboxylic acids is 1. The van der Waals surface area contributed by atoms with Gasteiger partial charge in [0.1, 0.15) is 0 Å². The minimum absolute atomic E-state index is 0.0758. The zero-order chi connectivity index (χ0) is 17.5. The first-order chi connectivity index (χ1) is 12.8. The molecular formula is C22H18N2O2.